The van der Waals surface area contributed by atoms with E-state index in [0.29, 0.717) is 6.61 Å². The van der Waals surface area contributed by atoms with Gasteiger partial charge in [-0.05, 0) is 61.2 Å². The molecule has 0 aliphatic carbocycles. The normalized spacial score (nSPS) is 10.8. The fourth-order valence-corrected chi connectivity index (χ4v) is 2.44. The predicted molar refractivity (Wildman–Crippen MR) is 91.0 cm³/mol. The van der Waals surface area contributed by atoms with E-state index in [1.807, 2.05) is 19.1 Å². The lowest BCUT2D eigenvalue weighted by Crippen LogP contribution is -1.98. The summed E-state index contributed by atoms with van der Waals surface area (Å²) in [6.07, 6.45) is 4.61. The Morgan fingerprint density at radius 2 is 1.32 bits per heavy atom. The second-order valence-electron chi connectivity index (χ2n) is 5.36. The van der Waals surface area contributed by atoms with Crippen molar-refractivity contribution in [2.24, 2.45) is 0 Å². The molecule has 2 aromatic carbocycles. The SMILES string of the molecule is CCOc1ccc2cc(OCCCCCCOC)ccc2c1. The number of hydrogen-bond acceptors (Lipinski definition) is 3. The predicted octanol–water partition coefficient (Wildman–Crippen LogP) is 4.82. The van der Waals surface area contributed by atoms with Gasteiger partial charge in [0.25, 0.3) is 0 Å². The largest absolute Gasteiger partial charge is 0.494 e. The third kappa shape index (κ3) is 5.23. The van der Waals surface area contributed by atoms with Crippen molar-refractivity contribution in [1.29, 1.82) is 0 Å². The molecular weight excluding hydrogens is 276 g/mol. The second kappa shape index (κ2) is 9.31. The van der Waals surface area contributed by atoms with Crippen molar-refractivity contribution in [3.63, 3.8) is 0 Å². The zero-order valence-electron chi connectivity index (χ0n) is 13.6. The first kappa shape index (κ1) is 16.6. The Morgan fingerprint density at radius 3 is 1.91 bits per heavy atom. The van der Waals surface area contributed by atoms with Crippen LogP contribution in [0, 0.1) is 0 Å². The quantitative estimate of drug-likeness (QED) is 0.589. The van der Waals surface area contributed by atoms with Crippen molar-refractivity contribution in [1.82, 2.24) is 0 Å². The minimum atomic E-state index is 0.692. The van der Waals surface area contributed by atoms with Gasteiger partial charge < -0.3 is 14.2 Å². The summed E-state index contributed by atoms with van der Waals surface area (Å²) in [4.78, 5) is 0. The highest BCUT2D eigenvalue weighted by atomic mass is 16.5. The first-order valence-electron chi connectivity index (χ1n) is 8.12. The van der Waals surface area contributed by atoms with Crippen LogP contribution < -0.4 is 9.47 Å². The molecule has 0 aliphatic rings. The molecular formula is C19H26O3. The van der Waals surface area contributed by atoms with Crippen LogP contribution in [0.2, 0.25) is 0 Å². The van der Waals surface area contributed by atoms with Gasteiger partial charge in [-0.3, -0.25) is 0 Å². The lowest BCUT2D eigenvalue weighted by molar-refractivity contribution is 0.191. The van der Waals surface area contributed by atoms with Crippen molar-refractivity contribution in [3.05, 3.63) is 36.4 Å². The van der Waals surface area contributed by atoms with Crippen LogP contribution in [0.15, 0.2) is 36.4 Å². The second-order valence-corrected chi connectivity index (χ2v) is 5.36. The van der Waals surface area contributed by atoms with E-state index in [4.69, 9.17) is 14.2 Å². The first-order valence-corrected chi connectivity index (χ1v) is 8.12. The summed E-state index contributed by atoms with van der Waals surface area (Å²) >= 11 is 0. The summed E-state index contributed by atoms with van der Waals surface area (Å²) in [5, 5.41) is 2.36. The van der Waals surface area contributed by atoms with Crippen LogP contribution >= 0.6 is 0 Å². The van der Waals surface area contributed by atoms with Gasteiger partial charge in [-0.15, -0.1) is 0 Å². The molecule has 0 aliphatic heterocycles. The molecule has 0 bridgehead atoms. The summed E-state index contributed by atoms with van der Waals surface area (Å²) in [5.74, 6) is 1.85. The minimum absolute atomic E-state index is 0.692. The van der Waals surface area contributed by atoms with E-state index in [0.717, 1.165) is 37.6 Å². The third-order valence-electron chi connectivity index (χ3n) is 3.61. The van der Waals surface area contributed by atoms with Gasteiger partial charge in [0.1, 0.15) is 11.5 Å². The van der Waals surface area contributed by atoms with Gasteiger partial charge in [0.2, 0.25) is 0 Å². The van der Waals surface area contributed by atoms with Gasteiger partial charge in [0.05, 0.1) is 13.2 Å². The van der Waals surface area contributed by atoms with Crippen LogP contribution in [0.5, 0.6) is 11.5 Å². The van der Waals surface area contributed by atoms with Crippen molar-refractivity contribution in [3.8, 4) is 11.5 Å². The molecule has 0 heterocycles. The average Bonchev–Trinajstić information content (AvgIpc) is 2.54. The summed E-state index contributed by atoms with van der Waals surface area (Å²) < 4.78 is 16.4. The molecule has 0 fully saturated rings. The molecule has 120 valence electrons. The number of methoxy groups -OCH3 is 1. The molecule has 0 saturated carbocycles. The van der Waals surface area contributed by atoms with Crippen molar-refractivity contribution in [2.45, 2.75) is 32.6 Å². The molecule has 0 unspecified atom stereocenters. The maximum Gasteiger partial charge on any atom is 0.119 e. The molecule has 0 spiro atoms. The van der Waals surface area contributed by atoms with E-state index < -0.39 is 0 Å². The molecule has 2 rings (SSSR count). The van der Waals surface area contributed by atoms with Crippen LogP contribution in [0.1, 0.15) is 32.6 Å². The smallest absolute Gasteiger partial charge is 0.119 e. The summed E-state index contributed by atoms with van der Waals surface area (Å²) in [5.41, 5.74) is 0. The zero-order chi connectivity index (χ0) is 15.6. The number of ether oxygens (including phenoxy) is 3. The lowest BCUT2D eigenvalue weighted by Gasteiger charge is -2.09. The number of rotatable bonds is 10. The highest BCUT2D eigenvalue weighted by Crippen LogP contribution is 2.25. The van der Waals surface area contributed by atoms with E-state index >= 15 is 0 Å². The van der Waals surface area contributed by atoms with Crippen LogP contribution in [-0.2, 0) is 4.74 Å². The van der Waals surface area contributed by atoms with E-state index in [2.05, 4.69) is 24.3 Å². The summed E-state index contributed by atoms with van der Waals surface area (Å²) in [7, 11) is 1.75. The Balaban J connectivity index is 1.81. The van der Waals surface area contributed by atoms with Crippen molar-refractivity contribution >= 4 is 10.8 Å². The monoisotopic (exact) mass is 302 g/mol. The highest BCUT2D eigenvalue weighted by Gasteiger charge is 2.00. The number of hydrogen-bond donors (Lipinski definition) is 0. The van der Waals surface area contributed by atoms with E-state index in [1.54, 1.807) is 7.11 Å². The number of benzene rings is 2. The third-order valence-corrected chi connectivity index (χ3v) is 3.61. The van der Waals surface area contributed by atoms with Crippen LogP contribution in [-0.4, -0.2) is 26.9 Å². The van der Waals surface area contributed by atoms with Gasteiger partial charge in [-0.2, -0.15) is 0 Å². The Bertz CT molecular complexity index is 566. The Hall–Kier alpha value is -1.74. The molecule has 2 aromatic rings. The molecule has 0 saturated heterocycles. The van der Waals surface area contributed by atoms with Gasteiger partial charge >= 0.3 is 0 Å². The van der Waals surface area contributed by atoms with Gasteiger partial charge in [0, 0.05) is 13.7 Å². The summed E-state index contributed by atoms with van der Waals surface area (Å²) in [6, 6.07) is 12.4. The fourth-order valence-electron chi connectivity index (χ4n) is 2.44. The first-order chi connectivity index (χ1) is 10.8. The number of fused-ring (bicyclic) bond motifs is 1. The Kier molecular flexibility index (Phi) is 7.04. The number of unbranched alkanes of at least 4 members (excludes halogenated alkanes) is 3. The lowest BCUT2D eigenvalue weighted by atomic mass is 10.1. The van der Waals surface area contributed by atoms with Gasteiger partial charge in [-0.25, -0.2) is 0 Å². The molecule has 0 atom stereocenters. The highest BCUT2D eigenvalue weighted by molar-refractivity contribution is 5.85. The molecule has 0 radical (unpaired) electrons. The fraction of sp³-hybridized carbons (Fsp3) is 0.474. The average molecular weight is 302 g/mol. The van der Waals surface area contributed by atoms with Crippen molar-refractivity contribution < 1.29 is 14.2 Å². The molecule has 3 heteroatoms. The van der Waals surface area contributed by atoms with Crippen molar-refractivity contribution in [2.75, 3.05) is 26.9 Å². The molecule has 0 N–H and O–H groups in total. The summed E-state index contributed by atoms with van der Waals surface area (Å²) in [6.45, 7) is 4.32. The van der Waals surface area contributed by atoms with E-state index in [1.165, 1.54) is 23.6 Å². The van der Waals surface area contributed by atoms with Crippen LogP contribution in [0.25, 0.3) is 10.8 Å². The maximum absolute atomic E-state index is 5.84. The van der Waals surface area contributed by atoms with E-state index in [9.17, 15) is 0 Å². The topological polar surface area (TPSA) is 27.7 Å². The molecule has 22 heavy (non-hydrogen) atoms. The minimum Gasteiger partial charge on any atom is -0.494 e. The Morgan fingerprint density at radius 1 is 0.727 bits per heavy atom. The van der Waals surface area contributed by atoms with E-state index in [-0.39, 0.29) is 0 Å². The van der Waals surface area contributed by atoms with Crippen LogP contribution in [0.3, 0.4) is 0 Å². The van der Waals surface area contributed by atoms with Gasteiger partial charge in [-0.1, -0.05) is 18.6 Å². The standard InChI is InChI=1S/C19H26O3/c1-3-21-18-10-8-17-15-19(11-9-16(17)14-18)22-13-7-5-4-6-12-20-2/h8-11,14-15H,3-7,12-13H2,1-2H3. The van der Waals surface area contributed by atoms with Crippen LogP contribution in [0.4, 0.5) is 0 Å². The maximum atomic E-state index is 5.84. The molecule has 3 nitrogen and oxygen atoms in total. The molecule has 0 aromatic heterocycles. The van der Waals surface area contributed by atoms with Gasteiger partial charge in [0.15, 0.2) is 0 Å². The zero-order valence-corrected chi connectivity index (χ0v) is 13.6. The molecule has 0 amide bonds. The Labute approximate surface area is 133 Å².